The molecule has 0 atom stereocenters. The monoisotopic (exact) mass is 206 g/mol. The maximum absolute atomic E-state index is 10.2. The summed E-state index contributed by atoms with van der Waals surface area (Å²) in [6.45, 7) is 0. The maximum Gasteiger partial charge on any atom is 0.327 e. The second-order valence-corrected chi connectivity index (χ2v) is 3.13. The van der Waals surface area contributed by atoms with Crippen LogP contribution in [-0.2, 0) is 11.2 Å². The molecule has 0 heterocycles. The van der Waals surface area contributed by atoms with Crippen molar-refractivity contribution in [3.63, 3.8) is 0 Å². The molecule has 0 aliphatic rings. The van der Waals surface area contributed by atoms with E-state index in [1.54, 1.807) is 13.2 Å². The predicted octanol–water partition coefficient (Wildman–Crippen LogP) is 2.27. The Kier molecular flexibility index (Phi) is 4.41. The lowest BCUT2D eigenvalue weighted by Crippen LogP contribution is -1.88. The summed E-state index contributed by atoms with van der Waals surface area (Å²) < 4.78 is 5.09. The van der Waals surface area contributed by atoms with Crippen LogP contribution in [0.1, 0.15) is 12.0 Å². The Bertz CT molecular complexity index is 356. The van der Waals surface area contributed by atoms with Gasteiger partial charge in [-0.25, -0.2) is 4.79 Å². The van der Waals surface area contributed by atoms with Crippen molar-refractivity contribution in [1.29, 1.82) is 0 Å². The van der Waals surface area contributed by atoms with Crippen LogP contribution in [0.2, 0.25) is 0 Å². The normalized spacial score (nSPS) is 10.5. The SMILES string of the molecule is COc1cccc(CC/C=C/C(=O)O)c1. The molecule has 0 fully saturated rings. The summed E-state index contributed by atoms with van der Waals surface area (Å²) in [5.74, 6) is -0.0737. The number of carboxylic acid groups (broad SMARTS) is 1. The predicted molar refractivity (Wildman–Crippen MR) is 58.1 cm³/mol. The number of allylic oxidation sites excluding steroid dienone is 1. The first-order valence-electron chi connectivity index (χ1n) is 4.75. The number of aliphatic carboxylic acids is 1. The number of benzene rings is 1. The van der Waals surface area contributed by atoms with Crippen molar-refractivity contribution in [3.05, 3.63) is 42.0 Å². The Morgan fingerprint density at radius 2 is 2.33 bits per heavy atom. The van der Waals surface area contributed by atoms with Crippen LogP contribution in [0.4, 0.5) is 0 Å². The standard InChI is InChI=1S/C12H14O3/c1-15-11-7-4-6-10(9-11)5-2-3-8-12(13)14/h3-4,6-9H,2,5H2,1H3,(H,13,14)/b8-3+. The van der Waals surface area contributed by atoms with Crippen molar-refractivity contribution in [3.8, 4) is 5.75 Å². The van der Waals surface area contributed by atoms with E-state index < -0.39 is 5.97 Å². The third-order valence-electron chi connectivity index (χ3n) is 1.99. The van der Waals surface area contributed by atoms with Crippen molar-refractivity contribution in [1.82, 2.24) is 0 Å². The Labute approximate surface area is 89.0 Å². The molecule has 0 amide bonds. The highest BCUT2D eigenvalue weighted by Crippen LogP contribution is 2.13. The summed E-state index contributed by atoms with van der Waals surface area (Å²) in [6.07, 6.45) is 4.36. The van der Waals surface area contributed by atoms with Crippen LogP contribution in [0, 0.1) is 0 Å². The molecule has 1 aromatic carbocycles. The Balaban J connectivity index is 2.47. The van der Waals surface area contributed by atoms with E-state index in [-0.39, 0.29) is 0 Å². The summed E-state index contributed by atoms with van der Waals surface area (Å²) in [6, 6.07) is 7.76. The number of rotatable bonds is 5. The van der Waals surface area contributed by atoms with Crippen LogP contribution >= 0.6 is 0 Å². The van der Waals surface area contributed by atoms with Gasteiger partial charge in [-0.05, 0) is 30.5 Å². The van der Waals surface area contributed by atoms with Gasteiger partial charge in [0, 0.05) is 6.08 Å². The molecule has 3 nitrogen and oxygen atoms in total. The first-order valence-corrected chi connectivity index (χ1v) is 4.75. The van der Waals surface area contributed by atoms with Crippen molar-refractivity contribution >= 4 is 5.97 Å². The number of hydrogen-bond donors (Lipinski definition) is 1. The van der Waals surface area contributed by atoms with Gasteiger partial charge in [-0.15, -0.1) is 0 Å². The quantitative estimate of drug-likeness (QED) is 0.752. The largest absolute Gasteiger partial charge is 0.497 e. The molecular formula is C12H14O3. The first kappa shape index (κ1) is 11.3. The van der Waals surface area contributed by atoms with Gasteiger partial charge in [-0.2, -0.15) is 0 Å². The second kappa shape index (κ2) is 5.86. The van der Waals surface area contributed by atoms with E-state index in [0.29, 0.717) is 0 Å². The van der Waals surface area contributed by atoms with Gasteiger partial charge >= 0.3 is 5.97 Å². The van der Waals surface area contributed by atoms with Gasteiger partial charge in [-0.3, -0.25) is 0 Å². The average Bonchev–Trinajstić information content (AvgIpc) is 2.24. The van der Waals surface area contributed by atoms with Crippen LogP contribution < -0.4 is 4.74 Å². The van der Waals surface area contributed by atoms with Crippen LogP contribution in [0.5, 0.6) is 5.75 Å². The number of methoxy groups -OCH3 is 1. The van der Waals surface area contributed by atoms with E-state index in [9.17, 15) is 4.79 Å². The lowest BCUT2D eigenvalue weighted by molar-refractivity contribution is -0.131. The van der Waals surface area contributed by atoms with Crippen LogP contribution in [0.3, 0.4) is 0 Å². The van der Waals surface area contributed by atoms with E-state index in [2.05, 4.69) is 0 Å². The zero-order valence-corrected chi connectivity index (χ0v) is 8.64. The number of carbonyl (C=O) groups is 1. The minimum absolute atomic E-state index is 0.722. The lowest BCUT2D eigenvalue weighted by Gasteiger charge is -2.02. The van der Waals surface area contributed by atoms with Gasteiger partial charge in [0.25, 0.3) is 0 Å². The van der Waals surface area contributed by atoms with Crippen molar-refractivity contribution < 1.29 is 14.6 Å². The summed E-state index contributed by atoms with van der Waals surface area (Å²) in [5, 5.41) is 8.39. The van der Waals surface area contributed by atoms with Gasteiger partial charge in [0.05, 0.1) is 7.11 Å². The first-order chi connectivity index (χ1) is 7.22. The molecule has 0 bridgehead atoms. The zero-order valence-electron chi connectivity index (χ0n) is 8.64. The summed E-state index contributed by atoms with van der Waals surface area (Å²) in [5.41, 5.74) is 1.14. The van der Waals surface area contributed by atoms with Crippen LogP contribution in [0.15, 0.2) is 36.4 Å². The molecule has 1 rings (SSSR count). The van der Waals surface area contributed by atoms with Crippen molar-refractivity contribution in [2.45, 2.75) is 12.8 Å². The Morgan fingerprint density at radius 3 is 3.00 bits per heavy atom. The number of ether oxygens (including phenoxy) is 1. The van der Waals surface area contributed by atoms with E-state index in [1.807, 2.05) is 24.3 Å². The van der Waals surface area contributed by atoms with E-state index >= 15 is 0 Å². The molecule has 15 heavy (non-hydrogen) atoms. The van der Waals surface area contributed by atoms with E-state index in [0.717, 1.165) is 24.2 Å². The highest BCUT2D eigenvalue weighted by atomic mass is 16.5. The molecule has 0 aromatic heterocycles. The smallest absolute Gasteiger partial charge is 0.327 e. The molecular weight excluding hydrogens is 192 g/mol. The number of hydrogen-bond acceptors (Lipinski definition) is 2. The highest BCUT2D eigenvalue weighted by Gasteiger charge is 1.94. The van der Waals surface area contributed by atoms with Gasteiger partial charge in [0.15, 0.2) is 0 Å². The Morgan fingerprint density at radius 1 is 1.53 bits per heavy atom. The highest BCUT2D eigenvalue weighted by molar-refractivity contribution is 5.79. The number of aryl methyl sites for hydroxylation is 1. The van der Waals surface area contributed by atoms with Crippen molar-refractivity contribution in [2.75, 3.05) is 7.11 Å². The zero-order chi connectivity index (χ0) is 11.1. The van der Waals surface area contributed by atoms with Gasteiger partial charge < -0.3 is 9.84 Å². The fourth-order valence-corrected chi connectivity index (χ4v) is 1.26. The molecule has 0 saturated heterocycles. The fraction of sp³-hybridized carbons (Fsp3) is 0.250. The lowest BCUT2D eigenvalue weighted by atomic mass is 10.1. The fourth-order valence-electron chi connectivity index (χ4n) is 1.26. The van der Waals surface area contributed by atoms with Crippen molar-refractivity contribution in [2.24, 2.45) is 0 Å². The molecule has 0 saturated carbocycles. The minimum Gasteiger partial charge on any atom is -0.497 e. The van der Waals surface area contributed by atoms with Gasteiger partial charge in [0.1, 0.15) is 5.75 Å². The molecule has 0 unspecified atom stereocenters. The number of carboxylic acids is 1. The second-order valence-electron chi connectivity index (χ2n) is 3.13. The summed E-state index contributed by atoms with van der Waals surface area (Å²) >= 11 is 0. The third-order valence-corrected chi connectivity index (χ3v) is 1.99. The van der Waals surface area contributed by atoms with Gasteiger partial charge in [-0.1, -0.05) is 18.2 Å². The van der Waals surface area contributed by atoms with Crippen LogP contribution in [0.25, 0.3) is 0 Å². The molecule has 0 spiro atoms. The van der Waals surface area contributed by atoms with Gasteiger partial charge in [0.2, 0.25) is 0 Å². The summed E-state index contributed by atoms with van der Waals surface area (Å²) in [7, 11) is 1.63. The average molecular weight is 206 g/mol. The topological polar surface area (TPSA) is 46.5 Å². The van der Waals surface area contributed by atoms with E-state index in [1.165, 1.54) is 6.08 Å². The molecule has 0 radical (unpaired) electrons. The molecule has 1 aromatic rings. The van der Waals surface area contributed by atoms with Crippen LogP contribution in [-0.4, -0.2) is 18.2 Å². The maximum atomic E-state index is 10.2. The third kappa shape index (κ3) is 4.31. The Hall–Kier alpha value is -1.77. The van der Waals surface area contributed by atoms with E-state index in [4.69, 9.17) is 9.84 Å². The minimum atomic E-state index is -0.902. The molecule has 80 valence electrons. The molecule has 0 aliphatic carbocycles. The summed E-state index contributed by atoms with van der Waals surface area (Å²) in [4.78, 5) is 10.2. The molecule has 3 heteroatoms. The molecule has 1 N–H and O–H groups in total. The molecule has 0 aliphatic heterocycles.